The number of aromatic nitrogens is 1. The molecule has 0 radical (unpaired) electrons. The van der Waals surface area contributed by atoms with E-state index in [-0.39, 0.29) is 12.6 Å². The highest BCUT2D eigenvalue weighted by Gasteiger charge is 2.24. The van der Waals surface area contributed by atoms with E-state index < -0.39 is 0 Å². The Hall–Kier alpha value is -0.930. The molecule has 2 heterocycles. The van der Waals surface area contributed by atoms with Crippen LogP contribution in [0.3, 0.4) is 0 Å². The predicted molar refractivity (Wildman–Crippen MR) is 50.5 cm³/mol. The first-order valence-electron chi connectivity index (χ1n) is 4.64. The van der Waals surface area contributed by atoms with Crippen molar-refractivity contribution in [3.8, 4) is 0 Å². The molecule has 3 nitrogen and oxygen atoms in total. The Morgan fingerprint density at radius 3 is 3.15 bits per heavy atom. The Morgan fingerprint density at radius 1 is 1.62 bits per heavy atom. The zero-order valence-corrected chi connectivity index (χ0v) is 7.48. The Bertz CT molecular complexity index is 263. The minimum absolute atomic E-state index is 0.233. The molecule has 1 aliphatic rings. The molecule has 0 aliphatic carbocycles. The predicted octanol–water partition coefficient (Wildman–Crippen LogP) is 0.519. The van der Waals surface area contributed by atoms with Crippen molar-refractivity contribution in [2.24, 2.45) is 0 Å². The average Bonchev–Trinajstić information content (AvgIpc) is 2.67. The monoisotopic (exact) mass is 178 g/mol. The molecule has 0 bridgehead atoms. The summed E-state index contributed by atoms with van der Waals surface area (Å²) in [5, 5.41) is 12.2. The van der Waals surface area contributed by atoms with Crippen LogP contribution in [-0.2, 0) is 0 Å². The van der Waals surface area contributed by atoms with Gasteiger partial charge >= 0.3 is 0 Å². The van der Waals surface area contributed by atoms with Crippen molar-refractivity contribution in [3.05, 3.63) is 30.1 Å². The van der Waals surface area contributed by atoms with Gasteiger partial charge in [-0.05, 0) is 24.0 Å². The van der Waals surface area contributed by atoms with Gasteiger partial charge in [-0.1, -0.05) is 6.07 Å². The number of rotatable bonds is 2. The smallest absolute Gasteiger partial charge is 0.0584 e. The molecule has 2 N–H and O–H groups in total. The third-order valence-electron chi connectivity index (χ3n) is 2.60. The van der Waals surface area contributed by atoms with Crippen LogP contribution in [0.15, 0.2) is 24.5 Å². The maximum absolute atomic E-state index is 8.95. The van der Waals surface area contributed by atoms with Gasteiger partial charge in [-0.3, -0.25) is 4.98 Å². The van der Waals surface area contributed by atoms with Crippen molar-refractivity contribution in [3.63, 3.8) is 0 Å². The highest BCUT2D eigenvalue weighted by Crippen LogP contribution is 2.24. The lowest BCUT2D eigenvalue weighted by atomic mass is 9.98. The van der Waals surface area contributed by atoms with Crippen LogP contribution in [0.5, 0.6) is 0 Å². The van der Waals surface area contributed by atoms with Crippen molar-refractivity contribution in [1.29, 1.82) is 0 Å². The molecular formula is C10H14N2O. The molecule has 0 spiro atoms. The van der Waals surface area contributed by atoms with E-state index in [4.69, 9.17) is 5.11 Å². The summed E-state index contributed by atoms with van der Waals surface area (Å²) in [6.07, 6.45) is 4.71. The lowest BCUT2D eigenvalue weighted by Gasteiger charge is -2.07. The molecule has 0 aromatic carbocycles. The fourth-order valence-electron chi connectivity index (χ4n) is 1.83. The number of aliphatic hydroxyl groups is 1. The number of hydrogen-bond acceptors (Lipinski definition) is 3. The molecule has 70 valence electrons. The van der Waals surface area contributed by atoms with Gasteiger partial charge in [-0.15, -0.1) is 0 Å². The summed E-state index contributed by atoms with van der Waals surface area (Å²) in [5.41, 5.74) is 1.27. The van der Waals surface area contributed by atoms with Gasteiger partial charge in [-0.25, -0.2) is 0 Å². The Kier molecular flexibility index (Phi) is 2.57. The van der Waals surface area contributed by atoms with Crippen LogP contribution in [0.4, 0.5) is 0 Å². The highest BCUT2D eigenvalue weighted by atomic mass is 16.3. The van der Waals surface area contributed by atoms with Gasteiger partial charge in [0, 0.05) is 25.0 Å². The lowest BCUT2D eigenvalue weighted by Crippen LogP contribution is -2.24. The van der Waals surface area contributed by atoms with Crippen LogP contribution < -0.4 is 5.32 Å². The van der Waals surface area contributed by atoms with E-state index in [9.17, 15) is 0 Å². The normalized spacial score (nSPS) is 27.8. The quantitative estimate of drug-likeness (QED) is 0.694. The first kappa shape index (κ1) is 8.66. The van der Waals surface area contributed by atoms with E-state index in [1.165, 1.54) is 5.56 Å². The number of nitrogens with zero attached hydrogens (tertiary/aromatic N) is 1. The van der Waals surface area contributed by atoms with Crippen molar-refractivity contribution < 1.29 is 5.11 Å². The maximum atomic E-state index is 8.95. The van der Waals surface area contributed by atoms with E-state index in [0.29, 0.717) is 5.92 Å². The van der Waals surface area contributed by atoms with Crippen LogP contribution in [-0.4, -0.2) is 29.3 Å². The molecule has 1 aliphatic heterocycles. The van der Waals surface area contributed by atoms with Crippen molar-refractivity contribution in [1.82, 2.24) is 10.3 Å². The molecular weight excluding hydrogens is 164 g/mol. The zero-order chi connectivity index (χ0) is 9.10. The second-order valence-electron chi connectivity index (χ2n) is 3.51. The van der Waals surface area contributed by atoms with Gasteiger partial charge in [0.25, 0.3) is 0 Å². The highest BCUT2D eigenvalue weighted by molar-refractivity contribution is 5.17. The van der Waals surface area contributed by atoms with Gasteiger partial charge in [0.1, 0.15) is 0 Å². The summed E-state index contributed by atoms with van der Waals surface area (Å²) >= 11 is 0. The van der Waals surface area contributed by atoms with Gasteiger partial charge in [0.2, 0.25) is 0 Å². The summed E-state index contributed by atoms with van der Waals surface area (Å²) in [5.74, 6) is 0.519. The summed E-state index contributed by atoms with van der Waals surface area (Å²) in [6, 6.07) is 4.32. The van der Waals surface area contributed by atoms with Crippen molar-refractivity contribution in [2.45, 2.75) is 18.4 Å². The van der Waals surface area contributed by atoms with Crippen LogP contribution >= 0.6 is 0 Å². The maximum Gasteiger partial charge on any atom is 0.0584 e. The molecule has 0 amide bonds. The molecule has 1 unspecified atom stereocenters. The first-order valence-corrected chi connectivity index (χ1v) is 4.64. The third-order valence-corrected chi connectivity index (χ3v) is 2.60. The van der Waals surface area contributed by atoms with Crippen LogP contribution in [0.2, 0.25) is 0 Å². The second-order valence-corrected chi connectivity index (χ2v) is 3.51. The summed E-state index contributed by atoms with van der Waals surface area (Å²) in [4.78, 5) is 4.09. The zero-order valence-electron chi connectivity index (χ0n) is 7.48. The standard InChI is InChI=1S/C10H14N2O/c13-7-10-4-9(6-12-10)8-2-1-3-11-5-8/h1-3,5,9-10,12-13H,4,6-7H2/t9?,10-/m0/s1. The van der Waals surface area contributed by atoms with E-state index >= 15 is 0 Å². The molecule has 3 heteroatoms. The topological polar surface area (TPSA) is 45.2 Å². The molecule has 1 saturated heterocycles. The second kappa shape index (κ2) is 3.85. The van der Waals surface area contributed by atoms with Crippen molar-refractivity contribution in [2.75, 3.05) is 13.2 Å². The van der Waals surface area contributed by atoms with Gasteiger partial charge < -0.3 is 10.4 Å². The minimum atomic E-state index is 0.233. The van der Waals surface area contributed by atoms with E-state index in [1.807, 2.05) is 12.3 Å². The fraction of sp³-hybridized carbons (Fsp3) is 0.500. The first-order chi connectivity index (χ1) is 6.40. The Balaban J connectivity index is 2.04. The molecule has 1 aromatic heterocycles. The Morgan fingerprint density at radius 2 is 2.54 bits per heavy atom. The van der Waals surface area contributed by atoms with Gasteiger partial charge in [0.05, 0.1) is 6.61 Å². The molecule has 1 fully saturated rings. The van der Waals surface area contributed by atoms with Crippen LogP contribution in [0, 0.1) is 0 Å². The van der Waals surface area contributed by atoms with Crippen molar-refractivity contribution >= 4 is 0 Å². The van der Waals surface area contributed by atoms with Gasteiger partial charge in [-0.2, -0.15) is 0 Å². The fourth-order valence-corrected chi connectivity index (χ4v) is 1.83. The van der Waals surface area contributed by atoms with E-state index in [0.717, 1.165) is 13.0 Å². The molecule has 2 rings (SSSR count). The minimum Gasteiger partial charge on any atom is -0.395 e. The molecule has 13 heavy (non-hydrogen) atoms. The van der Waals surface area contributed by atoms with Crippen LogP contribution in [0.25, 0.3) is 0 Å². The number of hydrogen-bond donors (Lipinski definition) is 2. The van der Waals surface area contributed by atoms with Gasteiger partial charge in [0.15, 0.2) is 0 Å². The summed E-state index contributed by atoms with van der Waals surface area (Å²) in [6.45, 7) is 1.19. The summed E-state index contributed by atoms with van der Waals surface area (Å²) in [7, 11) is 0. The SMILES string of the molecule is OC[C@@H]1CC(c2cccnc2)CN1. The third kappa shape index (κ3) is 1.87. The molecule has 1 aromatic rings. The summed E-state index contributed by atoms with van der Waals surface area (Å²) < 4.78 is 0. The molecule has 0 saturated carbocycles. The average molecular weight is 178 g/mol. The van der Waals surface area contributed by atoms with E-state index in [1.54, 1.807) is 6.20 Å². The van der Waals surface area contributed by atoms with Crippen LogP contribution in [0.1, 0.15) is 17.9 Å². The molecule has 2 atom stereocenters. The van der Waals surface area contributed by atoms with E-state index in [2.05, 4.69) is 16.4 Å². The number of aliphatic hydroxyl groups excluding tert-OH is 1. The number of nitrogens with one attached hydrogen (secondary N) is 1. The lowest BCUT2D eigenvalue weighted by molar-refractivity contribution is 0.254. The number of pyridine rings is 1. The Labute approximate surface area is 77.8 Å². The largest absolute Gasteiger partial charge is 0.395 e.